The third-order valence-electron chi connectivity index (χ3n) is 5.71. The van der Waals surface area contributed by atoms with Crippen molar-refractivity contribution in [1.82, 2.24) is 0 Å². The van der Waals surface area contributed by atoms with Crippen molar-refractivity contribution >= 4 is 0 Å². The fourth-order valence-corrected chi connectivity index (χ4v) is 9.59. The molecule has 0 fully saturated rings. The van der Waals surface area contributed by atoms with E-state index >= 15 is 0 Å². The van der Waals surface area contributed by atoms with E-state index in [2.05, 4.69) is 27.7 Å². The van der Waals surface area contributed by atoms with E-state index in [9.17, 15) is 3.32 Å². The molecule has 0 amide bonds. The molecule has 0 saturated heterocycles. The molecule has 0 saturated carbocycles. The van der Waals surface area contributed by atoms with Gasteiger partial charge in [-0.15, -0.1) is 0 Å². The van der Waals surface area contributed by atoms with Crippen LogP contribution in [0.15, 0.2) is 0 Å². The Morgan fingerprint density at radius 1 is 0.577 bits per heavy atom. The van der Waals surface area contributed by atoms with Gasteiger partial charge in [-0.1, -0.05) is 0 Å². The standard InChI is InChI=1S/2C8H17O.2C3H7.O.Ti/c2*1-8(2)6-4-3-5-7-9;2*1-3-2;;/h2*8H,3-7H2,1-2H3;2*3H,1-2H3;;/q2*-1;;;;+2. The summed E-state index contributed by atoms with van der Waals surface area (Å²) in [5, 5.41) is 0. The van der Waals surface area contributed by atoms with Crippen LogP contribution in [0.3, 0.4) is 0 Å². The van der Waals surface area contributed by atoms with Gasteiger partial charge in [0.05, 0.1) is 0 Å². The van der Waals surface area contributed by atoms with Gasteiger partial charge in [0.15, 0.2) is 0 Å². The van der Waals surface area contributed by atoms with Gasteiger partial charge >= 0.3 is 166 Å². The van der Waals surface area contributed by atoms with E-state index in [1.807, 2.05) is 27.7 Å². The van der Waals surface area contributed by atoms with Gasteiger partial charge in [0.2, 0.25) is 0 Å². The molecule has 0 heterocycles. The molecule has 3 nitrogen and oxygen atoms in total. The maximum atomic E-state index is 14.1. The zero-order valence-electron chi connectivity index (χ0n) is 19.1. The molecular formula is C22H48O3Ti. The monoisotopic (exact) mass is 408 g/mol. The van der Waals surface area contributed by atoms with Gasteiger partial charge < -0.3 is 0 Å². The Labute approximate surface area is 166 Å². The van der Waals surface area contributed by atoms with E-state index in [0.717, 1.165) is 37.5 Å². The molecule has 0 aliphatic carbocycles. The molecule has 0 N–H and O–H groups in total. The third-order valence-corrected chi connectivity index (χ3v) is 14.6. The summed E-state index contributed by atoms with van der Waals surface area (Å²) in [6, 6.07) is 0. The molecule has 0 atom stereocenters. The minimum absolute atomic E-state index is 0.0432. The first-order chi connectivity index (χ1) is 12.0. The summed E-state index contributed by atoms with van der Waals surface area (Å²) in [6.45, 7) is 18.2. The second kappa shape index (κ2) is 12.8. The third kappa shape index (κ3) is 9.08. The minimum atomic E-state index is -4.66. The van der Waals surface area contributed by atoms with Crippen molar-refractivity contribution in [2.45, 2.75) is 115 Å². The second-order valence-electron chi connectivity index (χ2n) is 9.62. The van der Waals surface area contributed by atoms with Crippen LogP contribution in [0.25, 0.3) is 0 Å². The van der Waals surface area contributed by atoms with E-state index in [1.54, 1.807) is 0 Å². The fraction of sp³-hybridized carbons (Fsp3) is 1.00. The summed E-state index contributed by atoms with van der Waals surface area (Å²) in [5.41, 5.74) is 0. The molecular weight excluding hydrogens is 360 g/mol. The van der Waals surface area contributed by atoms with Gasteiger partial charge in [0.1, 0.15) is 0 Å². The van der Waals surface area contributed by atoms with Gasteiger partial charge in [0.25, 0.3) is 0 Å². The van der Waals surface area contributed by atoms with Gasteiger partial charge in [-0.25, -0.2) is 0 Å². The van der Waals surface area contributed by atoms with Crippen LogP contribution in [0.5, 0.6) is 0 Å². The van der Waals surface area contributed by atoms with Crippen molar-refractivity contribution in [3.8, 4) is 0 Å². The molecule has 0 radical (unpaired) electrons. The van der Waals surface area contributed by atoms with E-state index < -0.39 is 16.1 Å². The van der Waals surface area contributed by atoms with Crippen LogP contribution in [0.1, 0.15) is 107 Å². The number of unbranched alkanes of at least 4 members (excludes halogenated alkanes) is 4. The Morgan fingerprint density at radius 2 is 0.923 bits per heavy atom. The SMILES string of the molecule is CC(C)CCCCC[O][Ti](=[O])([O]CCCCCC(C)C)([CH](C)C)[CH](C)C. The number of hydrogen-bond donors (Lipinski definition) is 0. The average Bonchev–Trinajstić information content (AvgIpc) is 2.53. The van der Waals surface area contributed by atoms with Gasteiger partial charge in [0, 0.05) is 0 Å². The summed E-state index contributed by atoms with van der Waals surface area (Å²) in [5.74, 6) is 1.51. The van der Waals surface area contributed by atoms with Gasteiger partial charge in [-0.3, -0.25) is 0 Å². The van der Waals surface area contributed by atoms with Crippen LogP contribution in [0, 0.1) is 11.8 Å². The molecule has 26 heavy (non-hydrogen) atoms. The van der Waals surface area contributed by atoms with Crippen molar-refractivity contribution < 1.29 is 26.0 Å². The van der Waals surface area contributed by atoms with E-state index in [1.165, 1.54) is 25.7 Å². The van der Waals surface area contributed by atoms with Gasteiger partial charge in [-0.2, -0.15) is 0 Å². The first kappa shape index (κ1) is 26.4. The predicted octanol–water partition coefficient (Wildman–Crippen LogP) is 7.97. The van der Waals surface area contributed by atoms with Crippen LogP contribution in [0.4, 0.5) is 0 Å². The van der Waals surface area contributed by atoms with Crippen molar-refractivity contribution in [3.05, 3.63) is 0 Å². The maximum absolute atomic E-state index is 14.1. The molecule has 0 aliphatic heterocycles. The summed E-state index contributed by atoms with van der Waals surface area (Å²) in [4.78, 5) is 0. The molecule has 0 rings (SSSR count). The molecule has 0 aromatic carbocycles. The Hall–Kier alpha value is 0.434. The summed E-state index contributed by atoms with van der Waals surface area (Å²) >= 11 is -4.66. The van der Waals surface area contributed by atoms with E-state index in [4.69, 9.17) is 6.64 Å². The quantitative estimate of drug-likeness (QED) is 0.192. The van der Waals surface area contributed by atoms with E-state index in [-0.39, 0.29) is 8.45 Å². The van der Waals surface area contributed by atoms with Crippen LogP contribution >= 0.6 is 0 Å². The fourth-order valence-electron chi connectivity index (χ4n) is 3.58. The van der Waals surface area contributed by atoms with Gasteiger partial charge in [-0.05, 0) is 0 Å². The van der Waals surface area contributed by atoms with Crippen molar-refractivity contribution in [2.24, 2.45) is 11.8 Å². The topological polar surface area (TPSA) is 35.5 Å². The first-order valence-corrected chi connectivity index (χ1v) is 14.9. The van der Waals surface area contributed by atoms with Crippen molar-refractivity contribution in [2.75, 3.05) is 13.2 Å². The predicted molar refractivity (Wildman–Crippen MR) is 109 cm³/mol. The molecule has 0 aromatic heterocycles. The summed E-state index contributed by atoms with van der Waals surface area (Å²) < 4.78 is 26.4. The zero-order valence-corrected chi connectivity index (χ0v) is 20.7. The number of rotatable bonds is 16. The van der Waals surface area contributed by atoms with E-state index in [0.29, 0.717) is 13.2 Å². The molecule has 4 heteroatoms. The number of hydrogen-bond acceptors (Lipinski definition) is 3. The van der Waals surface area contributed by atoms with Crippen molar-refractivity contribution in [3.63, 3.8) is 0 Å². The Kier molecular flexibility index (Phi) is 13.0. The normalized spacial score (nSPS) is 13.6. The molecule has 0 unspecified atom stereocenters. The first-order valence-electron chi connectivity index (χ1n) is 11.2. The second-order valence-corrected chi connectivity index (χ2v) is 17.6. The zero-order chi connectivity index (χ0) is 20.2. The van der Waals surface area contributed by atoms with Crippen LogP contribution < -0.4 is 0 Å². The summed E-state index contributed by atoms with van der Waals surface area (Å²) in [7, 11) is 0. The molecule has 0 spiro atoms. The summed E-state index contributed by atoms with van der Waals surface area (Å²) in [6.07, 6.45) is 9.21. The Balaban J connectivity index is 4.57. The van der Waals surface area contributed by atoms with Crippen LogP contribution in [-0.2, 0) is 26.0 Å². The Bertz CT molecular complexity index is 376. The molecule has 0 aliphatic rings. The Morgan fingerprint density at radius 3 is 1.19 bits per heavy atom. The van der Waals surface area contributed by atoms with Crippen LogP contribution in [0.2, 0.25) is 8.45 Å². The van der Waals surface area contributed by atoms with Crippen molar-refractivity contribution in [1.29, 1.82) is 0 Å². The average molecular weight is 408 g/mol. The van der Waals surface area contributed by atoms with Crippen LogP contribution in [-0.4, -0.2) is 13.2 Å². The molecule has 158 valence electrons. The molecule has 0 bridgehead atoms. The molecule has 0 aromatic rings.